The fraction of sp³-hybridized carbons (Fsp3) is 0.207. The molecule has 0 spiro atoms. The summed E-state index contributed by atoms with van der Waals surface area (Å²) in [6, 6.07) is 17.8. The molecule has 4 aromatic rings. The molecule has 1 amide bonds. The quantitative estimate of drug-likeness (QED) is 0.283. The summed E-state index contributed by atoms with van der Waals surface area (Å²) < 4.78 is 11.8. The Morgan fingerprint density at radius 1 is 1.06 bits per heavy atom. The van der Waals surface area contributed by atoms with Gasteiger partial charge in [0.15, 0.2) is 0 Å². The van der Waals surface area contributed by atoms with Gasteiger partial charge in [-0.3, -0.25) is 4.79 Å². The highest BCUT2D eigenvalue weighted by atomic mass is 35.5. The van der Waals surface area contributed by atoms with Crippen molar-refractivity contribution in [2.24, 2.45) is 0 Å². The maximum atomic E-state index is 12.6. The molecule has 0 radical (unpaired) electrons. The highest BCUT2D eigenvalue weighted by Crippen LogP contribution is 2.38. The Labute approximate surface area is 205 Å². The molecule has 0 unspecified atom stereocenters. The summed E-state index contributed by atoms with van der Waals surface area (Å²) in [5.41, 5.74) is 7.97. The van der Waals surface area contributed by atoms with Gasteiger partial charge in [-0.05, 0) is 68.2 Å². The smallest absolute Gasteiger partial charge is 0.244 e. The Kier molecular flexibility index (Phi) is 7.09. The SMILES string of the molecule is CCOc1cc2occ(-c3ccc(C)cc3C)c2cc1/C(C)=C/C(=O)NCc1ccc(Cl)cc1. The Bertz CT molecular complexity index is 1370. The summed E-state index contributed by atoms with van der Waals surface area (Å²) in [5, 5.41) is 4.59. The summed E-state index contributed by atoms with van der Waals surface area (Å²) in [4.78, 5) is 12.6. The number of fused-ring (bicyclic) bond motifs is 1. The molecule has 1 aromatic heterocycles. The lowest BCUT2D eigenvalue weighted by Crippen LogP contribution is -2.20. The molecule has 0 fully saturated rings. The van der Waals surface area contributed by atoms with Crippen LogP contribution in [0, 0.1) is 13.8 Å². The van der Waals surface area contributed by atoms with E-state index < -0.39 is 0 Å². The lowest BCUT2D eigenvalue weighted by atomic mass is 9.96. The van der Waals surface area contributed by atoms with E-state index in [-0.39, 0.29) is 5.91 Å². The molecule has 4 rings (SSSR count). The zero-order chi connectivity index (χ0) is 24.2. The maximum Gasteiger partial charge on any atom is 0.244 e. The fourth-order valence-corrected chi connectivity index (χ4v) is 4.21. The van der Waals surface area contributed by atoms with Gasteiger partial charge in [0.1, 0.15) is 11.3 Å². The summed E-state index contributed by atoms with van der Waals surface area (Å²) in [7, 11) is 0. The third kappa shape index (κ3) is 5.18. The Hall–Kier alpha value is -3.50. The largest absolute Gasteiger partial charge is 0.493 e. The van der Waals surface area contributed by atoms with E-state index in [0.717, 1.165) is 38.8 Å². The highest BCUT2D eigenvalue weighted by Gasteiger charge is 2.16. The normalized spacial score (nSPS) is 11.6. The molecule has 0 saturated heterocycles. The van der Waals surface area contributed by atoms with Crippen molar-refractivity contribution in [2.75, 3.05) is 6.61 Å². The predicted molar refractivity (Wildman–Crippen MR) is 139 cm³/mol. The third-order valence-corrected chi connectivity index (χ3v) is 6.05. The van der Waals surface area contributed by atoms with E-state index in [2.05, 4.69) is 43.4 Å². The van der Waals surface area contributed by atoms with Crippen molar-refractivity contribution in [2.45, 2.75) is 34.2 Å². The van der Waals surface area contributed by atoms with Gasteiger partial charge in [0.25, 0.3) is 0 Å². The van der Waals surface area contributed by atoms with Crippen molar-refractivity contribution in [3.8, 4) is 16.9 Å². The number of furan rings is 1. The van der Waals surface area contributed by atoms with Crippen LogP contribution in [-0.2, 0) is 11.3 Å². The van der Waals surface area contributed by atoms with Crippen LogP contribution in [0.4, 0.5) is 0 Å². The minimum Gasteiger partial charge on any atom is -0.493 e. The molecule has 0 atom stereocenters. The topological polar surface area (TPSA) is 51.5 Å². The van der Waals surface area contributed by atoms with Gasteiger partial charge in [-0.2, -0.15) is 0 Å². The van der Waals surface area contributed by atoms with Crippen LogP contribution in [0.2, 0.25) is 5.02 Å². The number of amides is 1. The molecule has 34 heavy (non-hydrogen) atoms. The van der Waals surface area contributed by atoms with E-state index in [1.807, 2.05) is 44.2 Å². The zero-order valence-electron chi connectivity index (χ0n) is 19.9. The number of carbonyl (C=O) groups is 1. The number of hydrogen-bond donors (Lipinski definition) is 1. The number of benzene rings is 3. The maximum absolute atomic E-state index is 12.6. The summed E-state index contributed by atoms with van der Waals surface area (Å²) in [6.07, 6.45) is 3.40. The molecule has 4 nitrogen and oxygen atoms in total. The number of hydrogen-bond acceptors (Lipinski definition) is 3. The van der Waals surface area contributed by atoms with Crippen LogP contribution in [0.5, 0.6) is 5.75 Å². The Morgan fingerprint density at radius 2 is 1.82 bits per heavy atom. The number of halogens is 1. The standard InChI is InChI=1S/C29H28ClNO3/c1-5-33-27-15-28-25(26(17-34-28)23-11-6-18(2)12-19(23)3)14-24(27)20(4)13-29(32)31-16-21-7-9-22(30)10-8-21/h6-15,17H,5,16H2,1-4H3,(H,31,32)/b20-13+. The van der Waals surface area contributed by atoms with Gasteiger partial charge in [-0.1, -0.05) is 47.5 Å². The van der Waals surface area contributed by atoms with Crippen LogP contribution in [-0.4, -0.2) is 12.5 Å². The number of aryl methyl sites for hydroxylation is 2. The van der Waals surface area contributed by atoms with Gasteiger partial charge in [0.05, 0.1) is 12.9 Å². The molecule has 0 aliphatic carbocycles. The molecular formula is C29H28ClNO3. The zero-order valence-corrected chi connectivity index (χ0v) is 20.6. The first-order valence-corrected chi connectivity index (χ1v) is 11.7. The predicted octanol–water partition coefficient (Wildman–Crippen LogP) is 7.49. The molecule has 3 aromatic carbocycles. The van der Waals surface area contributed by atoms with Gasteiger partial charge in [0, 0.05) is 40.2 Å². The van der Waals surface area contributed by atoms with E-state index >= 15 is 0 Å². The lowest BCUT2D eigenvalue weighted by molar-refractivity contribution is -0.116. The molecule has 0 aliphatic rings. The second-order valence-corrected chi connectivity index (χ2v) is 8.85. The first-order chi connectivity index (χ1) is 16.4. The second-order valence-electron chi connectivity index (χ2n) is 8.42. The molecule has 0 aliphatic heterocycles. The van der Waals surface area contributed by atoms with E-state index in [1.54, 1.807) is 12.3 Å². The van der Waals surface area contributed by atoms with Crippen molar-refractivity contribution in [3.05, 3.63) is 94.2 Å². The fourth-order valence-electron chi connectivity index (χ4n) is 4.08. The van der Waals surface area contributed by atoms with Crippen LogP contribution in [0.1, 0.15) is 36.1 Å². The first-order valence-electron chi connectivity index (χ1n) is 11.3. The summed E-state index contributed by atoms with van der Waals surface area (Å²) in [5.74, 6) is 0.521. The minimum absolute atomic E-state index is 0.170. The second kappa shape index (κ2) is 10.2. The van der Waals surface area contributed by atoms with Crippen molar-refractivity contribution in [1.29, 1.82) is 0 Å². The average molecular weight is 474 g/mol. The average Bonchev–Trinajstić information content (AvgIpc) is 3.21. The van der Waals surface area contributed by atoms with E-state index in [4.69, 9.17) is 20.8 Å². The third-order valence-electron chi connectivity index (χ3n) is 5.80. The van der Waals surface area contributed by atoms with E-state index in [1.165, 1.54) is 11.1 Å². The summed E-state index contributed by atoms with van der Waals surface area (Å²) in [6.45, 7) is 8.99. The van der Waals surface area contributed by atoms with Crippen LogP contribution in [0.3, 0.4) is 0 Å². The van der Waals surface area contributed by atoms with Gasteiger partial charge < -0.3 is 14.5 Å². The van der Waals surface area contributed by atoms with Crippen LogP contribution in [0.25, 0.3) is 27.7 Å². The first kappa shape index (κ1) is 23.7. The minimum atomic E-state index is -0.170. The van der Waals surface area contributed by atoms with Crippen LogP contribution in [0.15, 0.2) is 71.4 Å². The highest BCUT2D eigenvalue weighted by molar-refractivity contribution is 6.30. The Balaban J connectivity index is 1.67. The van der Waals surface area contributed by atoms with Crippen molar-refractivity contribution in [1.82, 2.24) is 5.32 Å². The number of rotatable bonds is 7. The molecule has 174 valence electrons. The van der Waals surface area contributed by atoms with Crippen molar-refractivity contribution < 1.29 is 13.9 Å². The number of allylic oxidation sites excluding steroid dienone is 1. The van der Waals surface area contributed by atoms with Crippen molar-refractivity contribution in [3.63, 3.8) is 0 Å². The summed E-state index contributed by atoms with van der Waals surface area (Å²) >= 11 is 5.94. The van der Waals surface area contributed by atoms with E-state index in [9.17, 15) is 4.79 Å². The van der Waals surface area contributed by atoms with Gasteiger partial charge in [0.2, 0.25) is 5.91 Å². The molecule has 1 heterocycles. The monoisotopic (exact) mass is 473 g/mol. The molecular weight excluding hydrogens is 446 g/mol. The molecule has 5 heteroatoms. The van der Waals surface area contributed by atoms with Crippen LogP contribution < -0.4 is 10.1 Å². The lowest BCUT2D eigenvalue weighted by Gasteiger charge is -2.12. The van der Waals surface area contributed by atoms with Gasteiger partial charge in [-0.25, -0.2) is 0 Å². The number of carbonyl (C=O) groups excluding carboxylic acids is 1. The molecule has 1 N–H and O–H groups in total. The molecule has 0 bridgehead atoms. The van der Waals surface area contributed by atoms with Crippen LogP contribution >= 0.6 is 11.6 Å². The molecule has 0 saturated carbocycles. The van der Waals surface area contributed by atoms with Crippen molar-refractivity contribution >= 4 is 34.1 Å². The van der Waals surface area contributed by atoms with Gasteiger partial charge >= 0.3 is 0 Å². The van der Waals surface area contributed by atoms with E-state index in [0.29, 0.717) is 23.9 Å². The Morgan fingerprint density at radius 3 is 2.53 bits per heavy atom. The number of ether oxygens (including phenoxy) is 1. The number of nitrogens with one attached hydrogen (secondary N) is 1. The van der Waals surface area contributed by atoms with Gasteiger partial charge in [-0.15, -0.1) is 0 Å².